The van der Waals surface area contributed by atoms with Gasteiger partial charge in [0.25, 0.3) is 0 Å². The Labute approximate surface area is 106 Å². The molecule has 18 heavy (non-hydrogen) atoms. The van der Waals surface area contributed by atoms with E-state index in [1.165, 1.54) is 17.7 Å². The Balaban J connectivity index is 1.99. The lowest BCUT2D eigenvalue weighted by Gasteiger charge is -2.24. The Morgan fingerprint density at radius 2 is 1.72 bits per heavy atom. The number of para-hydroxylation sites is 1. The third-order valence-corrected chi connectivity index (χ3v) is 3.17. The van der Waals surface area contributed by atoms with Gasteiger partial charge in [-0.3, -0.25) is 0 Å². The third-order valence-electron chi connectivity index (χ3n) is 3.17. The summed E-state index contributed by atoms with van der Waals surface area (Å²) >= 11 is 0. The van der Waals surface area contributed by atoms with E-state index < -0.39 is 0 Å². The van der Waals surface area contributed by atoms with Crippen LogP contribution in [0, 0.1) is 5.82 Å². The molecule has 0 aliphatic carbocycles. The third kappa shape index (κ3) is 1.90. The number of rotatable bonds is 1. The first-order chi connectivity index (χ1) is 8.74. The zero-order valence-corrected chi connectivity index (χ0v) is 10.1. The van der Waals surface area contributed by atoms with Gasteiger partial charge in [0.15, 0.2) is 0 Å². The topological polar surface area (TPSA) is 9.23 Å². The molecular weight excluding hydrogens is 227 g/mol. The molecule has 0 bridgehead atoms. The van der Waals surface area contributed by atoms with Gasteiger partial charge in [-0.05, 0) is 42.3 Å². The highest BCUT2D eigenvalue weighted by Crippen LogP contribution is 2.36. The van der Waals surface area contributed by atoms with Gasteiger partial charge >= 0.3 is 0 Å². The molecule has 3 rings (SSSR count). The van der Waals surface area contributed by atoms with Crippen molar-refractivity contribution in [3.8, 4) is 5.75 Å². The lowest BCUT2D eigenvalue weighted by atomic mass is 9.98. The molecule has 1 nitrogen and oxygen atoms in total. The molecule has 0 radical (unpaired) electrons. The second-order valence-electron chi connectivity index (χ2n) is 4.44. The van der Waals surface area contributed by atoms with E-state index in [0.717, 1.165) is 16.9 Å². The SMILES string of the molecule is CC1=C[C@H](c2ccc(F)cc2)Oc2ccccc21. The average molecular weight is 240 g/mol. The number of ether oxygens (including phenoxy) is 1. The summed E-state index contributed by atoms with van der Waals surface area (Å²) in [6.07, 6.45) is 1.93. The molecule has 0 spiro atoms. The molecule has 0 aromatic heterocycles. The molecule has 1 heterocycles. The van der Waals surface area contributed by atoms with Gasteiger partial charge in [0.05, 0.1) is 0 Å². The van der Waals surface area contributed by atoms with E-state index in [4.69, 9.17) is 4.74 Å². The van der Waals surface area contributed by atoms with Crippen molar-refractivity contribution in [1.29, 1.82) is 0 Å². The quantitative estimate of drug-likeness (QED) is 0.719. The average Bonchev–Trinajstić information content (AvgIpc) is 2.39. The van der Waals surface area contributed by atoms with Crippen molar-refractivity contribution in [2.75, 3.05) is 0 Å². The molecule has 2 aromatic carbocycles. The summed E-state index contributed by atoms with van der Waals surface area (Å²) in [5.41, 5.74) is 3.27. The van der Waals surface area contributed by atoms with E-state index in [2.05, 4.69) is 13.0 Å². The zero-order chi connectivity index (χ0) is 12.5. The number of hydrogen-bond acceptors (Lipinski definition) is 1. The van der Waals surface area contributed by atoms with Gasteiger partial charge in [-0.25, -0.2) is 4.39 Å². The molecule has 0 saturated carbocycles. The predicted molar refractivity (Wildman–Crippen MR) is 69.9 cm³/mol. The van der Waals surface area contributed by atoms with Crippen molar-refractivity contribution >= 4 is 5.57 Å². The summed E-state index contributed by atoms with van der Waals surface area (Å²) in [5.74, 6) is 0.655. The van der Waals surface area contributed by atoms with Crippen LogP contribution in [0.2, 0.25) is 0 Å². The Bertz CT molecular complexity index is 599. The van der Waals surface area contributed by atoms with Crippen molar-refractivity contribution in [2.45, 2.75) is 13.0 Å². The highest BCUT2D eigenvalue weighted by Gasteiger charge is 2.19. The van der Waals surface area contributed by atoms with Crippen molar-refractivity contribution in [3.63, 3.8) is 0 Å². The van der Waals surface area contributed by atoms with Crippen LogP contribution in [0.5, 0.6) is 5.75 Å². The van der Waals surface area contributed by atoms with Crippen LogP contribution in [0.25, 0.3) is 5.57 Å². The second-order valence-corrected chi connectivity index (χ2v) is 4.44. The van der Waals surface area contributed by atoms with Crippen LogP contribution in [-0.4, -0.2) is 0 Å². The van der Waals surface area contributed by atoms with Gasteiger partial charge in [0.1, 0.15) is 17.7 Å². The summed E-state index contributed by atoms with van der Waals surface area (Å²) in [5, 5.41) is 0. The number of halogens is 1. The van der Waals surface area contributed by atoms with Crippen LogP contribution in [0.15, 0.2) is 54.6 Å². The molecule has 2 heteroatoms. The zero-order valence-electron chi connectivity index (χ0n) is 10.1. The largest absolute Gasteiger partial charge is 0.481 e. The van der Waals surface area contributed by atoms with Crippen LogP contribution in [0.4, 0.5) is 4.39 Å². The fourth-order valence-corrected chi connectivity index (χ4v) is 2.20. The standard InChI is InChI=1S/C16H13FO/c1-11-10-16(12-6-8-13(17)9-7-12)18-15-5-3-2-4-14(11)15/h2-10,16H,1H3/t16-/m1/s1. The minimum absolute atomic E-state index is 0.138. The van der Waals surface area contributed by atoms with Gasteiger partial charge in [0, 0.05) is 5.56 Å². The fourth-order valence-electron chi connectivity index (χ4n) is 2.20. The minimum Gasteiger partial charge on any atom is -0.481 e. The lowest BCUT2D eigenvalue weighted by molar-refractivity contribution is 0.250. The Kier molecular flexibility index (Phi) is 2.63. The van der Waals surface area contributed by atoms with Crippen molar-refractivity contribution in [3.05, 3.63) is 71.6 Å². The van der Waals surface area contributed by atoms with Gasteiger partial charge < -0.3 is 4.74 Å². The Morgan fingerprint density at radius 1 is 1.00 bits per heavy atom. The molecule has 1 atom stereocenters. The summed E-state index contributed by atoms with van der Waals surface area (Å²) in [6, 6.07) is 14.4. The molecule has 2 aromatic rings. The summed E-state index contributed by atoms with van der Waals surface area (Å²) in [6.45, 7) is 2.07. The molecule has 0 unspecified atom stereocenters. The fraction of sp³-hybridized carbons (Fsp3) is 0.125. The van der Waals surface area contributed by atoms with E-state index in [-0.39, 0.29) is 11.9 Å². The van der Waals surface area contributed by atoms with E-state index in [1.54, 1.807) is 12.1 Å². The van der Waals surface area contributed by atoms with Crippen LogP contribution in [0.1, 0.15) is 24.2 Å². The molecular formula is C16H13FO. The lowest BCUT2D eigenvalue weighted by Crippen LogP contribution is -2.10. The summed E-state index contributed by atoms with van der Waals surface area (Å²) < 4.78 is 18.8. The van der Waals surface area contributed by atoms with Gasteiger partial charge in [-0.15, -0.1) is 0 Å². The highest BCUT2D eigenvalue weighted by atomic mass is 19.1. The van der Waals surface area contributed by atoms with Crippen LogP contribution < -0.4 is 4.74 Å². The molecule has 0 fully saturated rings. The predicted octanol–water partition coefficient (Wildman–Crippen LogP) is 4.36. The summed E-state index contributed by atoms with van der Waals surface area (Å²) in [7, 11) is 0. The molecule has 0 amide bonds. The van der Waals surface area contributed by atoms with Gasteiger partial charge in [-0.1, -0.05) is 30.3 Å². The molecule has 1 aliphatic heterocycles. The van der Waals surface area contributed by atoms with Crippen molar-refractivity contribution in [2.24, 2.45) is 0 Å². The smallest absolute Gasteiger partial charge is 0.143 e. The van der Waals surface area contributed by atoms with E-state index in [9.17, 15) is 4.39 Å². The number of allylic oxidation sites excluding steroid dienone is 1. The maximum atomic E-state index is 12.9. The highest BCUT2D eigenvalue weighted by molar-refractivity contribution is 5.71. The van der Waals surface area contributed by atoms with Crippen LogP contribution >= 0.6 is 0 Å². The summed E-state index contributed by atoms with van der Waals surface area (Å²) in [4.78, 5) is 0. The molecule has 0 saturated heterocycles. The molecule has 90 valence electrons. The first kappa shape index (κ1) is 11.0. The number of benzene rings is 2. The van der Waals surface area contributed by atoms with Crippen molar-refractivity contribution < 1.29 is 9.13 Å². The van der Waals surface area contributed by atoms with Crippen LogP contribution in [0.3, 0.4) is 0 Å². The molecule has 0 N–H and O–H groups in total. The number of hydrogen-bond donors (Lipinski definition) is 0. The van der Waals surface area contributed by atoms with Gasteiger partial charge in [-0.2, -0.15) is 0 Å². The first-order valence-corrected chi connectivity index (χ1v) is 5.94. The maximum Gasteiger partial charge on any atom is 0.143 e. The molecule has 1 aliphatic rings. The number of fused-ring (bicyclic) bond motifs is 1. The van der Waals surface area contributed by atoms with E-state index in [0.29, 0.717) is 0 Å². The van der Waals surface area contributed by atoms with E-state index >= 15 is 0 Å². The second kappa shape index (κ2) is 4.30. The van der Waals surface area contributed by atoms with Crippen molar-refractivity contribution in [1.82, 2.24) is 0 Å². The monoisotopic (exact) mass is 240 g/mol. The van der Waals surface area contributed by atoms with Gasteiger partial charge in [0.2, 0.25) is 0 Å². The Morgan fingerprint density at radius 3 is 2.50 bits per heavy atom. The van der Waals surface area contributed by atoms with Crippen LogP contribution in [-0.2, 0) is 0 Å². The van der Waals surface area contributed by atoms with E-state index in [1.807, 2.05) is 24.3 Å². The Hall–Kier alpha value is -2.09. The maximum absolute atomic E-state index is 12.9. The minimum atomic E-state index is -0.226. The normalized spacial score (nSPS) is 17.7. The first-order valence-electron chi connectivity index (χ1n) is 5.94.